The van der Waals surface area contributed by atoms with Crippen molar-refractivity contribution in [3.8, 4) is 0 Å². The largest absolute Gasteiger partial charge is 0.307 e. The minimum absolute atomic E-state index is 0.170. The van der Waals surface area contributed by atoms with Crippen LogP contribution in [0.4, 0.5) is 5.69 Å². The summed E-state index contributed by atoms with van der Waals surface area (Å²) in [7, 11) is 0. The van der Waals surface area contributed by atoms with Gasteiger partial charge in [0.1, 0.15) is 18.4 Å². The van der Waals surface area contributed by atoms with Crippen molar-refractivity contribution in [1.29, 1.82) is 0 Å². The van der Waals surface area contributed by atoms with Gasteiger partial charge in [-0.2, -0.15) is 10.2 Å². The van der Waals surface area contributed by atoms with E-state index in [2.05, 4.69) is 10.2 Å². The molecule has 8 nitrogen and oxygen atoms in total. The number of aromatic nitrogens is 4. The van der Waals surface area contributed by atoms with Crippen molar-refractivity contribution in [2.75, 3.05) is 0 Å². The molecule has 0 radical (unpaired) electrons. The van der Waals surface area contributed by atoms with Crippen LogP contribution in [0.2, 0.25) is 5.02 Å². The maximum absolute atomic E-state index is 12.3. The first kappa shape index (κ1) is 14.2. The molecule has 0 fully saturated rings. The maximum atomic E-state index is 12.3. The second kappa shape index (κ2) is 5.04. The molecule has 20 heavy (non-hydrogen) atoms. The van der Waals surface area contributed by atoms with E-state index in [1.54, 1.807) is 20.8 Å². The van der Waals surface area contributed by atoms with Gasteiger partial charge < -0.3 is 0 Å². The lowest BCUT2D eigenvalue weighted by Gasteiger charge is -2.11. The molecule has 0 aliphatic rings. The number of carbonyl (C=O) groups excluding carboxylic acids is 1. The lowest BCUT2D eigenvalue weighted by Crippen LogP contribution is -2.25. The zero-order valence-electron chi connectivity index (χ0n) is 11.1. The van der Waals surface area contributed by atoms with Gasteiger partial charge in [0.25, 0.3) is 5.91 Å². The Kier molecular flexibility index (Phi) is 3.58. The van der Waals surface area contributed by atoms with Crippen LogP contribution >= 0.6 is 11.6 Å². The first-order valence-electron chi connectivity index (χ1n) is 5.77. The molecule has 2 aromatic rings. The van der Waals surface area contributed by atoms with Crippen LogP contribution in [-0.2, 0) is 0 Å². The standard InChI is InChI=1S/C11H12ClN5O3/c1-6-10(12)7(2)16(14-6)11(18)8(3)15-5-9(4-13-15)17(19)20/h4-5,8H,1-3H3. The Bertz CT molecular complexity index is 690. The summed E-state index contributed by atoms with van der Waals surface area (Å²) < 4.78 is 2.42. The molecule has 2 rings (SSSR count). The molecule has 0 aromatic carbocycles. The number of carbonyl (C=O) groups is 1. The Morgan fingerprint density at radius 3 is 2.60 bits per heavy atom. The zero-order valence-corrected chi connectivity index (χ0v) is 11.8. The number of nitrogens with zero attached hydrogens (tertiary/aromatic N) is 5. The number of nitro groups is 1. The van der Waals surface area contributed by atoms with Crippen molar-refractivity contribution >= 4 is 23.2 Å². The lowest BCUT2D eigenvalue weighted by atomic mass is 10.3. The molecule has 0 saturated carbocycles. The average molecular weight is 298 g/mol. The van der Waals surface area contributed by atoms with Gasteiger partial charge in [-0.25, -0.2) is 4.68 Å². The van der Waals surface area contributed by atoms with E-state index in [1.807, 2.05) is 0 Å². The quantitative estimate of drug-likeness (QED) is 0.639. The highest BCUT2D eigenvalue weighted by Gasteiger charge is 2.24. The SMILES string of the molecule is Cc1nn(C(=O)C(C)n2cc([N+](=O)[O-])cn2)c(C)c1Cl. The fourth-order valence-corrected chi connectivity index (χ4v) is 1.88. The van der Waals surface area contributed by atoms with E-state index >= 15 is 0 Å². The first-order valence-corrected chi connectivity index (χ1v) is 6.15. The summed E-state index contributed by atoms with van der Waals surface area (Å²) in [5.74, 6) is -0.365. The number of aryl methyl sites for hydroxylation is 1. The summed E-state index contributed by atoms with van der Waals surface area (Å²) >= 11 is 5.99. The Hall–Kier alpha value is -2.22. The van der Waals surface area contributed by atoms with Gasteiger partial charge in [0.05, 0.1) is 21.3 Å². The Labute approximate surface area is 119 Å². The second-order valence-electron chi connectivity index (χ2n) is 4.35. The third-order valence-electron chi connectivity index (χ3n) is 2.96. The van der Waals surface area contributed by atoms with Crippen molar-refractivity contribution in [1.82, 2.24) is 19.6 Å². The highest BCUT2D eigenvalue weighted by atomic mass is 35.5. The normalized spacial score (nSPS) is 12.4. The highest BCUT2D eigenvalue weighted by molar-refractivity contribution is 6.32. The van der Waals surface area contributed by atoms with E-state index in [4.69, 9.17) is 11.6 Å². The summed E-state index contributed by atoms with van der Waals surface area (Å²) in [5.41, 5.74) is 0.912. The Balaban J connectivity index is 2.32. The first-order chi connectivity index (χ1) is 9.32. The van der Waals surface area contributed by atoms with Crippen LogP contribution in [-0.4, -0.2) is 30.4 Å². The van der Waals surface area contributed by atoms with Gasteiger partial charge in [-0.05, 0) is 20.8 Å². The molecule has 0 N–H and O–H groups in total. The fraction of sp³-hybridized carbons (Fsp3) is 0.364. The van der Waals surface area contributed by atoms with Gasteiger partial charge >= 0.3 is 5.69 Å². The summed E-state index contributed by atoms with van der Waals surface area (Å²) in [6.45, 7) is 4.96. The van der Waals surface area contributed by atoms with Crippen molar-refractivity contribution < 1.29 is 9.72 Å². The molecule has 0 amide bonds. The topological polar surface area (TPSA) is 95.8 Å². The van der Waals surface area contributed by atoms with Gasteiger partial charge in [0, 0.05) is 0 Å². The summed E-state index contributed by atoms with van der Waals surface area (Å²) in [6, 6.07) is -0.724. The van der Waals surface area contributed by atoms with Crippen LogP contribution in [0.15, 0.2) is 12.4 Å². The third kappa shape index (κ3) is 2.29. The average Bonchev–Trinajstić information content (AvgIpc) is 2.99. The maximum Gasteiger partial charge on any atom is 0.307 e. The van der Waals surface area contributed by atoms with Crippen molar-refractivity contribution in [2.24, 2.45) is 0 Å². The Morgan fingerprint density at radius 1 is 1.50 bits per heavy atom. The smallest absolute Gasteiger partial charge is 0.270 e. The highest BCUT2D eigenvalue weighted by Crippen LogP contribution is 2.21. The molecule has 1 atom stereocenters. The molecule has 9 heteroatoms. The predicted octanol–water partition coefficient (Wildman–Crippen LogP) is 2.16. The predicted molar refractivity (Wildman–Crippen MR) is 70.9 cm³/mol. The summed E-state index contributed by atoms with van der Waals surface area (Å²) in [4.78, 5) is 22.4. The van der Waals surface area contributed by atoms with Crippen molar-refractivity contribution in [3.63, 3.8) is 0 Å². The molecule has 2 heterocycles. The van der Waals surface area contributed by atoms with Gasteiger partial charge in [0.2, 0.25) is 0 Å². The lowest BCUT2D eigenvalue weighted by molar-refractivity contribution is -0.385. The monoisotopic (exact) mass is 297 g/mol. The van der Waals surface area contributed by atoms with Crippen LogP contribution < -0.4 is 0 Å². The van der Waals surface area contributed by atoms with E-state index in [-0.39, 0.29) is 11.6 Å². The van der Waals surface area contributed by atoms with Crippen LogP contribution in [0.25, 0.3) is 0 Å². The molecule has 0 saturated heterocycles. The third-order valence-corrected chi connectivity index (χ3v) is 3.51. The molecule has 0 spiro atoms. The number of hydrogen-bond donors (Lipinski definition) is 0. The van der Waals surface area contributed by atoms with E-state index in [9.17, 15) is 14.9 Å². The van der Waals surface area contributed by atoms with Crippen LogP contribution in [0.5, 0.6) is 0 Å². The second-order valence-corrected chi connectivity index (χ2v) is 4.72. The van der Waals surface area contributed by atoms with Gasteiger partial charge in [0.15, 0.2) is 0 Å². The molecular weight excluding hydrogens is 286 g/mol. The van der Waals surface area contributed by atoms with Crippen molar-refractivity contribution in [2.45, 2.75) is 26.8 Å². The molecule has 0 bridgehead atoms. The van der Waals surface area contributed by atoms with Crippen molar-refractivity contribution in [3.05, 3.63) is 38.9 Å². The van der Waals surface area contributed by atoms with Crippen LogP contribution in [0.3, 0.4) is 0 Å². The molecule has 0 aliphatic heterocycles. The van der Waals surface area contributed by atoms with Gasteiger partial charge in [-0.15, -0.1) is 0 Å². The molecule has 0 aliphatic carbocycles. The van der Waals surface area contributed by atoms with Gasteiger partial charge in [-0.1, -0.05) is 11.6 Å². The number of rotatable bonds is 3. The Morgan fingerprint density at radius 2 is 2.15 bits per heavy atom. The number of hydrogen-bond acceptors (Lipinski definition) is 5. The minimum atomic E-state index is -0.724. The minimum Gasteiger partial charge on any atom is -0.270 e. The molecule has 1 unspecified atom stereocenters. The zero-order chi connectivity index (χ0) is 15.0. The van der Waals surface area contributed by atoms with Crippen LogP contribution in [0.1, 0.15) is 29.1 Å². The van der Waals surface area contributed by atoms with E-state index in [0.717, 1.165) is 6.20 Å². The molecule has 106 valence electrons. The van der Waals surface area contributed by atoms with E-state index in [1.165, 1.54) is 15.6 Å². The van der Waals surface area contributed by atoms with Crippen LogP contribution in [0, 0.1) is 24.0 Å². The van der Waals surface area contributed by atoms with E-state index < -0.39 is 11.0 Å². The fourth-order valence-electron chi connectivity index (χ4n) is 1.76. The summed E-state index contributed by atoms with van der Waals surface area (Å²) in [5, 5.41) is 18.9. The molecule has 2 aromatic heterocycles. The van der Waals surface area contributed by atoms with Gasteiger partial charge in [-0.3, -0.25) is 19.6 Å². The summed E-state index contributed by atoms with van der Waals surface area (Å²) in [6.07, 6.45) is 2.30. The number of halogens is 1. The molecular formula is C11H12ClN5O3. The van der Waals surface area contributed by atoms with E-state index in [0.29, 0.717) is 16.4 Å².